The van der Waals surface area contributed by atoms with Gasteiger partial charge in [0.2, 0.25) is 0 Å². The van der Waals surface area contributed by atoms with Crippen LogP contribution in [0.3, 0.4) is 0 Å². The minimum Gasteiger partial charge on any atom is -0.352 e. The Morgan fingerprint density at radius 2 is 2.44 bits per heavy atom. The van der Waals surface area contributed by atoms with E-state index in [1.807, 2.05) is 0 Å². The Balaban J connectivity index is 2.28. The first kappa shape index (κ1) is 12.8. The van der Waals surface area contributed by atoms with Gasteiger partial charge in [0.25, 0.3) is 5.69 Å². The van der Waals surface area contributed by atoms with Gasteiger partial charge in [-0.05, 0) is 18.8 Å². The highest BCUT2D eigenvalue weighted by molar-refractivity contribution is 5.48. The molecule has 0 saturated carbocycles. The molecule has 18 heavy (non-hydrogen) atoms. The third-order valence-electron chi connectivity index (χ3n) is 3.59. The van der Waals surface area contributed by atoms with Crippen molar-refractivity contribution in [3.63, 3.8) is 0 Å². The number of pyridine rings is 1. The summed E-state index contributed by atoms with van der Waals surface area (Å²) in [5, 5.41) is 10.8. The molecule has 1 aliphatic rings. The van der Waals surface area contributed by atoms with E-state index in [4.69, 9.17) is 5.73 Å². The van der Waals surface area contributed by atoms with Gasteiger partial charge in [-0.2, -0.15) is 0 Å². The van der Waals surface area contributed by atoms with Crippen LogP contribution >= 0.6 is 0 Å². The molecule has 1 fully saturated rings. The maximum atomic E-state index is 10.8. The first-order valence-corrected chi connectivity index (χ1v) is 6.20. The van der Waals surface area contributed by atoms with Crippen molar-refractivity contribution in [2.24, 2.45) is 11.7 Å². The molecule has 0 spiro atoms. The molecular weight excluding hydrogens is 232 g/mol. The van der Waals surface area contributed by atoms with Crippen LogP contribution in [-0.2, 0) is 0 Å². The summed E-state index contributed by atoms with van der Waals surface area (Å²) in [6.45, 7) is 3.58. The van der Waals surface area contributed by atoms with Crippen LogP contribution in [0.2, 0.25) is 0 Å². The third-order valence-corrected chi connectivity index (χ3v) is 3.59. The van der Waals surface area contributed by atoms with Crippen LogP contribution < -0.4 is 10.6 Å². The maximum Gasteiger partial charge on any atom is 0.274 e. The summed E-state index contributed by atoms with van der Waals surface area (Å²) in [6, 6.07) is 3.16. The van der Waals surface area contributed by atoms with Crippen LogP contribution in [0.5, 0.6) is 0 Å². The normalized spacial score (nSPS) is 24.0. The van der Waals surface area contributed by atoms with E-state index in [1.165, 1.54) is 18.3 Å². The van der Waals surface area contributed by atoms with Crippen molar-refractivity contribution in [3.05, 3.63) is 28.4 Å². The molecule has 1 aromatic rings. The zero-order valence-electron chi connectivity index (χ0n) is 10.5. The second-order valence-electron chi connectivity index (χ2n) is 4.75. The molecule has 0 aromatic carbocycles. The van der Waals surface area contributed by atoms with Gasteiger partial charge in [0.15, 0.2) is 0 Å². The number of nitrogens with two attached hydrogens (primary N) is 1. The van der Waals surface area contributed by atoms with E-state index in [9.17, 15) is 10.1 Å². The number of rotatable bonds is 3. The second kappa shape index (κ2) is 5.30. The van der Waals surface area contributed by atoms with Crippen molar-refractivity contribution >= 4 is 11.5 Å². The molecule has 2 atom stereocenters. The van der Waals surface area contributed by atoms with Gasteiger partial charge >= 0.3 is 0 Å². The van der Waals surface area contributed by atoms with E-state index in [0.717, 1.165) is 19.4 Å². The van der Waals surface area contributed by atoms with Crippen molar-refractivity contribution in [2.75, 3.05) is 18.0 Å². The Bertz CT molecular complexity index is 438. The first-order valence-electron chi connectivity index (χ1n) is 6.20. The van der Waals surface area contributed by atoms with Crippen LogP contribution in [0.15, 0.2) is 18.3 Å². The van der Waals surface area contributed by atoms with Gasteiger partial charge in [0, 0.05) is 31.4 Å². The van der Waals surface area contributed by atoms with E-state index in [2.05, 4.69) is 16.8 Å². The highest BCUT2D eigenvalue weighted by Gasteiger charge is 2.28. The molecule has 0 aliphatic carbocycles. The Morgan fingerprint density at radius 1 is 1.67 bits per heavy atom. The van der Waals surface area contributed by atoms with Gasteiger partial charge in [-0.25, -0.2) is 4.98 Å². The molecule has 0 radical (unpaired) electrons. The molecule has 0 amide bonds. The average molecular weight is 250 g/mol. The van der Waals surface area contributed by atoms with Crippen molar-refractivity contribution in [3.8, 4) is 0 Å². The van der Waals surface area contributed by atoms with E-state index in [1.54, 1.807) is 0 Å². The predicted molar refractivity (Wildman–Crippen MR) is 69.5 cm³/mol. The number of anilines is 1. The van der Waals surface area contributed by atoms with Crippen LogP contribution in [0.25, 0.3) is 0 Å². The van der Waals surface area contributed by atoms with Gasteiger partial charge in [0.1, 0.15) is 5.82 Å². The molecular formula is C12H18N4O2. The lowest BCUT2D eigenvalue weighted by Gasteiger charge is -2.40. The smallest absolute Gasteiger partial charge is 0.274 e. The minimum absolute atomic E-state index is 0.0778. The molecule has 2 N–H and O–H groups in total. The zero-order chi connectivity index (χ0) is 13.1. The highest BCUT2D eigenvalue weighted by atomic mass is 16.6. The van der Waals surface area contributed by atoms with Crippen LogP contribution in [0.4, 0.5) is 11.5 Å². The summed E-state index contributed by atoms with van der Waals surface area (Å²) in [6.07, 6.45) is 3.70. The highest BCUT2D eigenvalue weighted by Crippen LogP contribution is 2.28. The fraction of sp³-hybridized carbons (Fsp3) is 0.583. The Kier molecular flexibility index (Phi) is 3.76. The number of piperidine rings is 1. The van der Waals surface area contributed by atoms with Gasteiger partial charge in [-0.15, -0.1) is 0 Å². The SMILES string of the molecule is CC1CCCN(c2cc([N+](=O)[O-])ccn2)C1CN. The number of aromatic nitrogens is 1. The molecule has 6 nitrogen and oxygen atoms in total. The summed E-state index contributed by atoms with van der Waals surface area (Å²) in [5.74, 6) is 1.15. The lowest BCUT2D eigenvalue weighted by molar-refractivity contribution is -0.384. The number of nitrogens with zero attached hydrogens (tertiary/aromatic N) is 3. The Morgan fingerprint density at radius 3 is 3.11 bits per heavy atom. The van der Waals surface area contributed by atoms with Crippen LogP contribution in [-0.4, -0.2) is 29.0 Å². The molecule has 1 aliphatic heterocycles. The minimum atomic E-state index is -0.393. The summed E-state index contributed by atoms with van der Waals surface area (Å²) in [4.78, 5) is 16.7. The average Bonchev–Trinajstić information content (AvgIpc) is 2.38. The fourth-order valence-electron chi connectivity index (χ4n) is 2.57. The Labute approximate surface area is 106 Å². The van der Waals surface area contributed by atoms with Crippen molar-refractivity contribution in [1.82, 2.24) is 4.98 Å². The number of nitro groups is 1. The molecule has 0 bridgehead atoms. The molecule has 2 rings (SSSR count). The fourth-order valence-corrected chi connectivity index (χ4v) is 2.57. The van der Waals surface area contributed by atoms with Crippen molar-refractivity contribution in [2.45, 2.75) is 25.8 Å². The topological polar surface area (TPSA) is 85.3 Å². The summed E-state index contributed by atoms with van der Waals surface area (Å²) in [5.41, 5.74) is 5.89. The van der Waals surface area contributed by atoms with Gasteiger partial charge < -0.3 is 10.6 Å². The molecule has 6 heteroatoms. The molecule has 2 heterocycles. The number of hydrogen-bond acceptors (Lipinski definition) is 5. The standard InChI is InChI=1S/C12H18N4O2/c1-9-3-2-6-15(11(9)8-13)12-7-10(16(17)18)4-5-14-12/h4-5,7,9,11H,2-3,6,8,13H2,1H3. The monoisotopic (exact) mass is 250 g/mol. The third kappa shape index (κ3) is 2.43. The largest absolute Gasteiger partial charge is 0.352 e. The second-order valence-corrected chi connectivity index (χ2v) is 4.75. The number of hydrogen-bond donors (Lipinski definition) is 1. The van der Waals surface area contributed by atoms with Gasteiger partial charge in [0.05, 0.1) is 11.0 Å². The van der Waals surface area contributed by atoms with Crippen LogP contribution in [0, 0.1) is 16.0 Å². The van der Waals surface area contributed by atoms with E-state index in [0.29, 0.717) is 18.3 Å². The zero-order valence-corrected chi connectivity index (χ0v) is 10.5. The molecule has 2 unspecified atom stereocenters. The molecule has 1 aromatic heterocycles. The van der Waals surface area contributed by atoms with Gasteiger partial charge in [-0.1, -0.05) is 6.92 Å². The quantitative estimate of drug-likeness (QED) is 0.650. The summed E-state index contributed by atoms with van der Waals surface area (Å²) >= 11 is 0. The molecule has 1 saturated heterocycles. The summed E-state index contributed by atoms with van der Waals surface area (Å²) in [7, 11) is 0. The first-order chi connectivity index (χ1) is 8.63. The van der Waals surface area contributed by atoms with Crippen molar-refractivity contribution in [1.29, 1.82) is 0 Å². The van der Waals surface area contributed by atoms with E-state index >= 15 is 0 Å². The maximum absolute atomic E-state index is 10.8. The lowest BCUT2D eigenvalue weighted by Crippen LogP contribution is -2.49. The summed E-state index contributed by atoms with van der Waals surface area (Å²) < 4.78 is 0. The van der Waals surface area contributed by atoms with Crippen molar-refractivity contribution < 1.29 is 4.92 Å². The lowest BCUT2D eigenvalue weighted by atomic mass is 9.91. The molecule has 98 valence electrons. The van der Waals surface area contributed by atoms with Crippen LogP contribution in [0.1, 0.15) is 19.8 Å². The van der Waals surface area contributed by atoms with E-state index in [-0.39, 0.29) is 11.7 Å². The van der Waals surface area contributed by atoms with E-state index < -0.39 is 4.92 Å². The van der Waals surface area contributed by atoms with Gasteiger partial charge in [-0.3, -0.25) is 10.1 Å². The Hall–Kier alpha value is -1.69. The predicted octanol–water partition coefficient (Wildman–Crippen LogP) is 1.55.